The highest BCUT2D eigenvalue weighted by molar-refractivity contribution is 7.21. The standard InChI is InChI=1S/C16H14N6O2S/c1-24-6-2-3-7(9(18)4-6)10-8(5-17)14(20)22-16-11(10)12(19)13(25-16)15(21)23/h2-4H,18-19H2,1H3,(H2,20,22)(H2,21,23). The summed E-state index contributed by atoms with van der Waals surface area (Å²) in [6.45, 7) is 0. The van der Waals surface area contributed by atoms with Crippen LogP contribution in [0.5, 0.6) is 5.75 Å². The summed E-state index contributed by atoms with van der Waals surface area (Å²) in [5.74, 6) is -0.0853. The number of anilines is 3. The molecule has 0 saturated carbocycles. The first-order valence-corrected chi connectivity index (χ1v) is 7.85. The summed E-state index contributed by atoms with van der Waals surface area (Å²) < 4.78 is 5.15. The predicted octanol–water partition coefficient (Wildman–Crippen LogP) is 1.69. The minimum absolute atomic E-state index is 0.0255. The third kappa shape index (κ3) is 2.45. The Morgan fingerprint density at radius 3 is 2.60 bits per heavy atom. The average Bonchev–Trinajstić information content (AvgIpc) is 2.90. The fourth-order valence-electron chi connectivity index (χ4n) is 2.63. The number of pyridine rings is 1. The molecule has 3 rings (SSSR count). The number of nitrogens with zero attached hydrogens (tertiary/aromatic N) is 2. The van der Waals surface area contributed by atoms with Crippen molar-refractivity contribution >= 4 is 44.7 Å². The van der Waals surface area contributed by atoms with Gasteiger partial charge >= 0.3 is 0 Å². The molecule has 9 heteroatoms. The number of methoxy groups -OCH3 is 1. The van der Waals surface area contributed by atoms with Crippen LogP contribution in [-0.2, 0) is 0 Å². The van der Waals surface area contributed by atoms with Crippen molar-refractivity contribution in [1.29, 1.82) is 5.26 Å². The van der Waals surface area contributed by atoms with Crippen molar-refractivity contribution in [2.75, 3.05) is 24.3 Å². The maximum atomic E-state index is 11.6. The third-order valence-corrected chi connectivity index (χ3v) is 4.88. The van der Waals surface area contributed by atoms with Gasteiger partial charge in [-0.15, -0.1) is 11.3 Å². The summed E-state index contributed by atoms with van der Waals surface area (Å²) >= 11 is 1.02. The Morgan fingerprint density at radius 2 is 2.04 bits per heavy atom. The molecule has 8 nitrogen and oxygen atoms in total. The lowest BCUT2D eigenvalue weighted by Gasteiger charge is -2.12. The van der Waals surface area contributed by atoms with E-state index in [9.17, 15) is 10.1 Å². The first-order valence-electron chi connectivity index (χ1n) is 7.04. The topological polar surface area (TPSA) is 167 Å². The largest absolute Gasteiger partial charge is 0.497 e. The van der Waals surface area contributed by atoms with E-state index in [0.717, 1.165) is 11.3 Å². The van der Waals surface area contributed by atoms with Crippen molar-refractivity contribution in [2.24, 2.45) is 5.73 Å². The highest BCUT2D eigenvalue weighted by Crippen LogP contribution is 2.44. The van der Waals surface area contributed by atoms with Gasteiger partial charge in [0.25, 0.3) is 5.91 Å². The van der Waals surface area contributed by atoms with Crippen molar-refractivity contribution in [3.05, 3.63) is 28.6 Å². The van der Waals surface area contributed by atoms with E-state index in [0.29, 0.717) is 32.8 Å². The van der Waals surface area contributed by atoms with E-state index in [-0.39, 0.29) is 21.9 Å². The Labute approximate surface area is 146 Å². The number of carbonyl (C=O) groups excluding carboxylic acids is 1. The average molecular weight is 354 g/mol. The lowest BCUT2D eigenvalue weighted by atomic mass is 9.95. The third-order valence-electron chi connectivity index (χ3n) is 3.77. The van der Waals surface area contributed by atoms with Crippen LogP contribution in [-0.4, -0.2) is 18.0 Å². The number of hydrogen-bond acceptors (Lipinski definition) is 8. The molecule has 8 N–H and O–H groups in total. The molecule has 2 aromatic heterocycles. The zero-order chi connectivity index (χ0) is 18.3. The number of nitriles is 1. The van der Waals surface area contributed by atoms with Gasteiger partial charge in [0, 0.05) is 28.3 Å². The zero-order valence-electron chi connectivity index (χ0n) is 13.2. The minimum atomic E-state index is -0.675. The Balaban J connectivity index is 2.48. The number of fused-ring (bicyclic) bond motifs is 1. The van der Waals surface area contributed by atoms with Gasteiger partial charge in [-0.25, -0.2) is 4.98 Å². The van der Waals surface area contributed by atoms with Gasteiger partial charge in [0.05, 0.1) is 12.8 Å². The molecule has 126 valence electrons. The Kier molecular flexibility index (Phi) is 3.82. The SMILES string of the molecule is COc1ccc(-c2c(C#N)c(N)nc3sc(C(N)=O)c(N)c23)c(N)c1. The number of benzene rings is 1. The smallest absolute Gasteiger partial charge is 0.260 e. The van der Waals surface area contributed by atoms with Crippen molar-refractivity contribution < 1.29 is 9.53 Å². The lowest BCUT2D eigenvalue weighted by Crippen LogP contribution is -2.10. The van der Waals surface area contributed by atoms with E-state index in [1.54, 1.807) is 18.2 Å². The maximum Gasteiger partial charge on any atom is 0.260 e. The number of nitrogen functional groups attached to an aromatic ring is 3. The van der Waals surface area contributed by atoms with E-state index in [1.165, 1.54) is 7.11 Å². The number of carbonyl (C=O) groups is 1. The van der Waals surface area contributed by atoms with Gasteiger partial charge in [0.15, 0.2) is 0 Å². The molecule has 0 saturated heterocycles. The lowest BCUT2D eigenvalue weighted by molar-refractivity contribution is 0.100. The van der Waals surface area contributed by atoms with Crippen LogP contribution in [0.3, 0.4) is 0 Å². The number of ether oxygens (including phenoxy) is 1. The normalized spacial score (nSPS) is 10.6. The highest BCUT2D eigenvalue weighted by Gasteiger charge is 2.24. The Hall–Kier alpha value is -3.51. The van der Waals surface area contributed by atoms with Gasteiger partial charge in [0.2, 0.25) is 0 Å². The van der Waals surface area contributed by atoms with Gasteiger partial charge in [-0.2, -0.15) is 5.26 Å². The number of amides is 1. The van der Waals surface area contributed by atoms with Crippen LogP contribution in [0.4, 0.5) is 17.2 Å². The van der Waals surface area contributed by atoms with E-state index in [2.05, 4.69) is 4.98 Å². The van der Waals surface area contributed by atoms with Crippen LogP contribution in [0.15, 0.2) is 18.2 Å². The number of rotatable bonds is 3. The van der Waals surface area contributed by atoms with Crippen molar-refractivity contribution in [2.45, 2.75) is 0 Å². The van der Waals surface area contributed by atoms with Gasteiger partial charge in [-0.3, -0.25) is 4.79 Å². The number of thiophene rings is 1. The molecule has 0 aliphatic heterocycles. The maximum absolute atomic E-state index is 11.6. The van der Waals surface area contributed by atoms with Crippen LogP contribution in [0, 0.1) is 11.3 Å². The molecule has 0 fully saturated rings. The van der Waals surface area contributed by atoms with E-state index >= 15 is 0 Å². The Bertz CT molecular complexity index is 1070. The summed E-state index contributed by atoms with van der Waals surface area (Å²) in [6, 6.07) is 7.06. The van der Waals surface area contributed by atoms with Crippen molar-refractivity contribution in [1.82, 2.24) is 4.98 Å². The molecule has 3 aromatic rings. The van der Waals surface area contributed by atoms with E-state index in [4.69, 9.17) is 27.7 Å². The van der Waals surface area contributed by atoms with Crippen LogP contribution < -0.4 is 27.7 Å². The minimum Gasteiger partial charge on any atom is -0.497 e. The summed E-state index contributed by atoms with van der Waals surface area (Å²) in [6.07, 6.45) is 0. The van der Waals surface area contributed by atoms with Crippen LogP contribution in [0.25, 0.3) is 21.3 Å². The molecule has 0 bridgehead atoms. The fraction of sp³-hybridized carbons (Fsp3) is 0.0625. The van der Waals surface area contributed by atoms with Gasteiger partial charge in [0.1, 0.15) is 32.9 Å². The number of aromatic nitrogens is 1. The molecule has 1 aromatic carbocycles. The number of nitrogens with two attached hydrogens (primary N) is 4. The summed E-state index contributed by atoms with van der Waals surface area (Å²) in [5, 5.41) is 9.99. The molecular formula is C16H14N6O2S. The fourth-order valence-corrected chi connectivity index (χ4v) is 3.60. The molecule has 0 unspecified atom stereocenters. The van der Waals surface area contributed by atoms with E-state index < -0.39 is 5.91 Å². The van der Waals surface area contributed by atoms with Gasteiger partial charge in [-0.1, -0.05) is 0 Å². The number of hydrogen-bond donors (Lipinski definition) is 4. The summed E-state index contributed by atoms with van der Waals surface area (Å²) in [5.41, 5.74) is 25.2. The second-order valence-electron chi connectivity index (χ2n) is 5.20. The molecule has 0 atom stereocenters. The molecule has 0 radical (unpaired) electrons. The van der Waals surface area contributed by atoms with E-state index in [1.807, 2.05) is 6.07 Å². The molecular weight excluding hydrogens is 340 g/mol. The molecule has 2 heterocycles. The van der Waals surface area contributed by atoms with Crippen molar-refractivity contribution in [3.8, 4) is 22.9 Å². The van der Waals surface area contributed by atoms with Crippen LogP contribution in [0.2, 0.25) is 0 Å². The Morgan fingerprint density at radius 1 is 1.32 bits per heavy atom. The molecule has 25 heavy (non-hydrogen) atoms. The quantitative estimate of drug-likeness (QED) is 0.519. The number of primary amides is 1. The molecule has 0 spiro atoms. The van der Waals surface area contributed by atoms with Gasteiger partial charge in [-0.05, 0) is 12.1 Å². The molecule has 0 aliphatic rings. The summed E-state index contributed by atoms with van der Waals surface area (Å²) in [7, 11) is 1.52. The molecule has 0 aliphatic carbocycles. The van der Waals surface area contributed by atoms with Gasteiger partial charge < -0.3 is 27.7 Å². The zero-order valence-corrected chi connectivity index (χ0v) is 14.0. The van der Waals surface area contributed by atoms with Crippen LogP contribution >= 0.6 is 11.3 Å². The van der Waals surface area contributed by atoms with Crippen LogP contribution in [0.1, 0.15) is 15.2 Å². The second kappa shape index (κ2) is 5.85. The monoisotopic (exact) mass is 354 g/mol. The molecule has 1 amide bonds. The first-order chi connectivity index (χ1) is 11.9. The first kappa shape index (κ1) is 16.4. The predicted molar refractivity (Wildman–Crippen MR) is 98.1 cm³/mol. The highest BCUT2D eigenvalue weighted by atomic mass is 32.1. The van der Waals surface area contributed by atoms with Crippen molar-refractivity contribution in [3.63, 3.8) is 0 Å². The second-order valence-corrected chi connectivity index (χ2v) is 6.20. The summed E-state index contributed by atoms with van der Waals surface area (Å²) in [4.78, 5) is 16.4.